The number of para-hydroxylation sites is 2. The van der Waals surface area contributed by atoms with Crippen LogP contribution in [0.2, 0.25) is 0 Å². The Morgan fingerprint density at radius 3 is 3.06 bits per heavy atom. The first-order valence-electron chi connectivity index (χ1n) is 4.89. The molecule has 0 bridgehead atoms. The molecule has 5 heteroatoms. The van der Waals surface area contributed by atoms with Crippen molar-refractivity contribution in [1.29, 1.82) is 0 Å². The fourth-order valence-corrected chi connectivity index (χ4v) is 1.76. The first-order chi connectivity index (χ1) is 7.72. The van der Waals surface area contributed by atoms with Gasteiger partial charge in [0.1, 0.15) is 6.54 Å². The van der Waals surface area contributed by atoms with Crippen LogP contribution in [0.15, 0.2) is 48.0 Å². The van der Waals surface area contributed by atoms with Crippen molar-refractivity contribution in [2.24, 2.45) is 12.2 Å². The van der Waals surface area contributed by atoms with E-state index in [0.717, 1.165) is 11.0 Å². The maximum atomic E-state index is 8.32. The SMILES string of the molecule is C=C(Cn1c[n+](C)c2ccccc21)N=[N+]=[N-]. The molecule has 16 heavy (non-hydrogen) atoms. The molecule has 1 heterocycles. The van der Waals surface area contributed by atoms with Gasteiger partial charge in [0.05, 0.1) is 7.05 Å². The van der Waals surface area contributed by atoms with E-state index in [1.165, 1.54) is 0 Å². The smallest absolute Gasteiger partial charge is 0.233 e. The second-order valence-corrected chi connectivity index (χ2v) is 3.60. The lowest BCUT2D eigenvalue weighted by molar-refractivity contribution is -0.645. The third-order valence-corrected chi connectivity index (χ3v) is 2.42. The number of nitrogens with zero attached hydrogens (tertiary/aromatic N) is 5. The van der Waals surface area contributed by atoms with Crippen LogP contribution in [0.25, 0.3) is 21.5 Å². The van der Waals surface area contributed by atoms with Crippen LogP contribution in [-0.2, 0) is 13.6 Å². The summed E-state index contributed by atoms with van der Waals surface area (Å²) in [7, 11) is 1.98. The van der Waals surface area contributed by atoms with Gasteiger partial charge in [0.15, 0.2) is 11.0 Å². The van der Waals surface area contributed by atoms with E-state index < -0.39 is 0 Å². The Bertz CT molecular complexity index is 589. The highest BCUT2D eigenvalue weighted by molar-refractivity contribution is 5.71. The predicted octanol–water partition coefficient (Wildman–Crippen LogP) is 2.29. The Kier molecular flexibility index (Phi) is 2.62. The largest absolute Gasteiger partial charge is 0.244 e. The summed E-state index contributed by atoms with van der Waals surface area (Å²) in [4.78, 5) is 2.72. The van der Waals surface area contributed by atoms with Crippen molar-refractivity contribution in [2.75, 3.05) is 0 Å². The number of imidazole rings is 1. The topological polar surface area (TPSA) is 57.6 Å². The van der Waals surface area contributed by atoms with E-state index in [1.54, 1.807) is 0 Å². The Hall–Kier alpha value is -2.26. The summed E-state index contributed by atoms with van der Waals surface area (Å²) in [5, 5.41) is 3.49. The zero-order valence-corrected chi connectivity index (χ0v) is 9.04. The number of fused-ring (bicyclic) bond motifs is 1. The van der Waals surface area contributed by atoms with E-state index in [2.05, 4.69) is 16.6 Å². The molecule has 0 N–H and O–H groups in total. The van der Waals surface area contributed by atoms with Crippen molar-refractivity contribution in [2.45, 2.75) is 6.54 Å². The number of hydrogen-bond acceptors (Lipinski definition) is 1. The van der Waals surface area contributed by atoms with E-state index in [0.29, 0.717) is 12.2 Å². The van der Waals surface area contributed by atoms with E-state index in [1.807, 2.05) is 46.8 Å². The molecule has 1 aromatic carbocycles. The van der Waals surface area contributed by atoms with E-state index in [4.69, 9.17) is 5.53 Å². The summed E-state index contributed by atoms with van der Waals surface area (Å²) < 4.78 is 4.03. The average Bonchev–Trinajstić information content (AvgIpc) is 2.57. The number of benzene rings is 1. The summed E-state index contributed by atoms with van der Waals surface area (Å²) in [6.07, 6.45) is 1.96. The van der Waals surface area contributed by atoms with Gasteiger partial charge < -0.3 is 0 Å². The lowest BCUT2D eigenvalue weighted by atomic mass is 10.3. The predicted molar refractivity (Wildman–Crippen MR) is 61.4 cm³/mol. The third-order valence-electron chi connectivity index (χ3n) is 2.42. The number of aryl methyl sites for hydroxylation is 1. The van der Waals surface area contributed by atoms with Gasteiger partial charge in [-0.15, -0.1) is 0 Å². The number of azide groups is 1. The van der Waals surface area contributed by atoms with Crippen molar-refractivity contribution in [1.82, 2.24) is 4.57 Å². The van der Waals surface area contributed by atoms with Gasteiger partial charge in [0.2, 0.25) is 6.33 Å². The highest BCUT2D eigenvalue weighted by atomic mass is 15.2. The first kappa shape index (κ1) is 10.3. The minimum Gasteiger partial charge on any atom is -0.233 e. The lowest BCUT2D eigenvalue weighted by Gasteiger charge is -1.95. The van der Waals surface area contributed by atoms with Crippen LogP contribution in [-0.4, -0.2) is 4.57 Å². The molecule has 0 atom stereocenters. The van der Waals surface area contributed by atoms with Crippen LogP contribution in [0.4, 0.5) is 0 Å². The molecular formula is C11H12N5+. The molecule has 0 aliphatic heterocycles. The number of hydrogen-bond donors (Lipinski definition) is 0. The van der Waals surface area contributed by atoms with E-state index >= 15 is 0 Å². The highest BCUT2D eigenvalue weighted by Gasteiger charge is 2.12. The molecule has 0 aliphatic rings. The zero-order chi connectivity index (χ0) is 11.5. The summed E-state index contributed by atoms with van der Waals surface area (Å²) in [5.41, 5.74) is 11.1. The highest BCUT2D eigenvalue weighted by Crippen LogP contribution is 2.11. The van der Waals surface area contributed by atoms with Gasteiger partial charge in [-0.3, -0.25) is 0 Å². The maximum absolute atomic E-state index is 8.32. The number of allylic oxidation sites excluding steroid dienone is 1. The van der Waals surface area contributed by atoms with Crippen LogP contribution < -0.4 is 4.57 Å². The van der Waals surface area contributed by atoms with Crippen LogP contribution in [0, 0.1) is 0 Å². The molecular weight excluding hydrogens is 202 g/mol. The van der Waals surface area contributed by atoms with Gasteiger partial charge in [0, 0.05) is 10.6 Å². The third kappa shape index (κ3) is 1.76. The molecule has 0 amide bonds. The van der Waals surface area contributed by atoms with Crippen molar-refractivity contribution in [3.63, 3.8) is 0 Å². The molecule has 0 aliphatic carbocycles. The van der Waals surface area contributed by atoms with Gasteiger partial charge in [0.25, 0.3) is 0 Å². The van der Waals surface area contributed by atoms with Gasteiger partial charge >= 0.3 is 0 Å². The summed E-state index contributed by atoms with van der Waals surface area (Å²) >= 11 is 0. The van der Waals surface area contributed by atoms with Crippen LogP contribution >= 0.6 is 0 Å². The van der Waals surface area contributed by atoms with Crippen LogP contribution in [0.1, 0.15) is 0 Å². The minimum absolute atomic E-state index is 0.504. The fraction of sp³-hybridized carbons (Fsp3) is 0.182. The average molecular weight is 214 g/mol. The maximum Gasteiger partial charge on any atom is 0.244 e. The second-order valence-electron chi connectivity index (χ2n) is 3.60. The Morgan fingerprint density at radius 1 is 1.56 bits per heavy atom. The molecule has 1 aromatic heterocycles. The molecule has 5 nitrogen and oxygen atoms in total. The first-order valence-corrected chi connectivity index (χ1v) is 4.89. The lowest BCUT2D eigenvalue weighted by Crippen LogP contribution is -2.25. The number of aromatic nitrogens is 2. The fourth-order valence-electron chi connectivity index (χ4n) is 1.76. The van der Waals surface area contributed by atoms with Crippen LogP contribution in [0.5, 0.6) is 0 Å². The monoisotopic (exact) mass is 214 g/mol. The molecule has 0 unspecified atom stereocenters. The van der Waals surface area contributed by atoms with Gasteiger partial charge in [-0.1, -0.05) is 23.8 Å². The van der Waals surface area contributed by atoms with Crippen LogP contribution in [0.3, 0.4) is 0 Å². The standard InChI is InChI=1S/C11H12N5/c1-9(13-14-12)7-16-8-15(2)10-5-3-4-6-11(10)16/h3-6,8H,1,7H2,2H3/q+1. The Morgan fingerprint density at radius 2 is 2.31 bits per heavy atom. The Balaban J connectivity index is 2.45. The van der Waals surface area contributed by atoms with Crippen molar-refractivity contribution >= 4 is 11.0 Å². The minimum atomic E-state index is 0.504. The van der Waals surface area contributed by atoms with E-state index in [-0.39, 0.29) is 0 Å². The quantitative estimate of drug-likeness (QED) is 0.326. The molecule has 80 valence electrons. The Labute approximate surface area is 92.9 Å². The van der Waals surface area contributed by atoms with Gasteiger partial charge in [-0.2, -0.15) is 0 Å². The van der Waals surface area contributed by atoms with E-state index in [9.17, 15) is 0 Å². The van der Waals surface area contributed by atoms with Crippen molar-refractivity contribution in [3.8, 4) is 0 Å². The molecule has 2 aromatic rings. The normalized spacial score (nSPS) is 10.1. The molecule has 0 saturated carbocycles. The van der Waals surface area contributed by atoms with Crippen molar-refractivity contribution in [3.05, 3.63) is 53.3 Å². The summed E-state index contributed by atoms with van der Waals surface area (Å²) in [6, 6.07) is 8.05. The number of rotatable bonds is 3. The molecule has 0 spiro atoms. The molecule has 0 saturated heterocycles. The zero-order valence-electron chi connectivity index (χ0n) is 9.04. The summed E-state index contributed by atoms with van der Waals surface area (Å²) in [6.45, 7) is 4.21. The molecule has 0 fully saturated rings. The second kappa shape index (κ2) is 4.08. The molecule has 0 radical (unpaired) electrons. The summed E-state index contributed by atoms with van der Waals surface area (Å²) in [5.74, 6) is 0. The van der Waals surface area contributed by atoms with Crippen molar-refractivity contribution < 1.29 is 4.57 Å². The van der Waals surface area contributed by atoms with Gasteiger partial charge in [-0.25, -0.2) is 9.13 Å². The molecule has 2 rings (SSSR count). The van der Waals surface area contributed by atoms with Gasteiger partial charge in [-0.05, 0) is 17.7 Å².